The molecule has 0 aromatic heterocycles. The van der Waals surface area contributed by atoms with Crippen LogP contribution in [0.25, 0.3) is 0 Å². The van der Waals surface area contributed by atoms with Crippen LogP contribution in [0.15, 0.2) is 12.2 Å². The Morgan fingerprint density at radius 1 is 1.30 bits per heavy atom. The number of rotatable bonds is 4. The van der Waals surface area contributed by atoms with Gasteiger partial charge in [-0.3, -0.25) is 4.79 Å². The fourth-order valence-electron chi connectivity index (χ4n) is 5.89. The smallest absolute Gasteiger partial charge is 0.314 e. The van der Waals surface area contributed by atoms with Crippen LogP contribution in [0, 0.1) is 28.6 Å². The fourth-order valence-corrected chi connectivity index (χ4v) is 5.89. The molecule has 9 atom stereocenters. The molecule has 1 aliphatic heterocycles. The minimum Gasteiger partial charge on any atom is -0.463 e. The van der Waals surface area contributed by atoms with Crippen LogP contribution in [0.2, 0.25) is 0 Å². The third kappa shape index (κ3) is 3.13. The molecule has 0 spiro atoms. The SMILES string of the molecule is C=C1[C@H](O)C[C@@H]2[C@](C)(CO)[C@H](O)CC[C@@]2(C)[C@@H]1C[C@H](O)[C@@H]1C(=O)OC[C@H]1O. The van der Waals surface area contributed by atoms with Gasteiger partial charge in [0.2, 0.25) is 0 Å². The summed E-state index contributed by atoms with van der Waals surface area (Å²) in [5.41, 5.74) is -0.559. The zero-order valence-corrected chi connectivity index (χ0v) is 16.0. The van der Waals surface area contributed by atoms with Crippen LogP contribution < -0.4 is 0 Å². The van der Waals surface area contributed by atoms with Gasteiger partial charge >= 0.3 is 5.97 Å². The van der Waals surface area contributed by atoms with E-state index in [1.165, 1.54) is 0 Å². The molecule has 0 aromatic carbocycles. The lowest BCUT2D eigenvalue weighted by Crippen LogP contribution is -2.60. The highest BCUT2D eigenvalue weighted by Crippen LogP contribution is 2.62. The van der Waals surface area contributed by atoms with Gasteiger partial charge in [-0.1, -0.05) is 20.4 Å². The van der Waals surface area contributed by atoms with Gasteiger partial charge in [0, 0.05) is 5.41 Å². The van der Waals surface area contributed by atoms with Crippen LogP contribution in [0.1, 0.15) is 39.5 Å². The molecule has 0 amide bonds. The predicted octanol–water partition coefficient (Wildman–Crippen LogP) is -0.0159. The van der Waals surface area contributed by atoms with Gasteiger partial charge in [-0.05, 0) is 48.5 Å². The molecule has 2 aliphatic carbocycles. The Bertz CT molecular complexity index is 607. The second-order valence-corrected chi connectivity index (χ2v) is 9.18. The van der Waals surface area contributed by atoms with E-state index in [0.29, 0.717) is 24.8 Å². The number of aliphatic hydroxyl groups excluding tert-OH is 5. The standard InChI is InChI=1S/C20H32O7/c1-10-11(6-13(23)17-14(24)8-27-18(17)26)19(2)5-4-16(25)20(3,9-21)15(19)7-12(10)22/h11-17,21-25H,1,4-9H2,2-3H3/t11-,12-,13+,14-,15+,16-,17+,19+,20+/m1/s1. The minimum absolute atomic E-state index is 0.122. The van der Waals surface area contributed by atoms with E-state index in [4.69, 9.17) is 4.74 Å². The monoisotopic (exact) mass is 384 g/mol. The summed E-state index contributed by atoms with van der Waals surface area (Å²) in [6.07, 6.45) is -1.92. The molecule has 1 heterocycles. The van der Waals surface area contributed by atoms with Crippen LogP contribution in [0.4, 0.5) is 0 Å². The molecule has 5 N–H and O–H groups in total. The summed E-state index contributed by atoms with van der Waals surface area (Å²) in [5.74, 6) is -2.09. The topological polar surface area (TPSA) is 127 Å². The zero-order valence-electron chi connectivity index (χ0n) is 16.0. The Hall–Kier alpha value is -0.990. The second kappa shape index (κ2) is 7.12. The Labute approximate surface area is 159 Å². The van der Waals surface area contributed by atoms with Crippen molar-refractivity contribution in [2.75, 3.05) is 13.2 Å². The molecule has 2 saturated carbocycles. The number of cyclic esters (lactones) is 1. The van der Waals surface area contributed by atoms with E-state index in [9.17, 15) is 30.3 Å². The van der Waals surface area contributed by atoms with Gasteiger partial charge in [0.25, 0.3) is 0 Å². The molecule has 0 aromatic rings. The van der Waals surface area contributed by atoms with Crippen molar-refractivity contribution in [3.8, 4) is 0 Å². The highest BCUT2D eigenvalue weighted by molar-refractivity contribution is 5.75. The summed E-state index contributed by atoms with van der Waals surface area (Å²) in [5, 5.41) is 51.9. The minimum atomic E-state index is -1.12. The molecule has 154 valence electrons. The van der Waals surface area contributed by atoms with Crippen molar-refractivity contribution in [1.82, 2.24) is 0 Å². The molecule has 27 heavy (non-hydrogen) atoms. The average molecular weight is 384 g/mol. The maximum Gasteiger partial charge on any atom is 0.314 e. The van der Waals surface area contributed by atoms with Crippen molar-refractivity contribution in [1.29, 1.82) is 0 Å². The van der Waals surface area contributed by atoms with Gasteiger partial charge in [-0.15, -0.1) is 0 Å². The van der Waals surface area contributed by atoms with Crippen LogP contribution in [-0.4, -0.2) is 69.1 Å². The molecule has 3 aliphatic rings. The average Bonchev–Trinajstić information content (AvgIpc) is 2.96. The first-order chi connectivity index (χ1) is 12.6. The summed E-state index contributed by atoms with van der Waals surface area (Å²) in [6, 6.07) is 0. The molecule has 7 nitrogen and oxygen atoms in total. The normalized spacial score (nSPS) is 48.9. The first-order valence-electron chi connectivity index (χ1n) is 9.74. The van der Waals surface area contributed by atoms with E-state index >= 15 is 0 Å². The number of hydrogen-bond acceptors (Lipinski definition) is 7. The number of carbonyl (C=O) groups excluding carboxylic acids is 1. The third-order valence-corrected chi connectivity index (χ3v) is 7.76. The van der Waals surface area contributed by atoms with Gasteiger partial charge in [0.1, 0.15) is 18.6 Å². The molecule has 7 heteroatoms. The van der Waals surface area contributed by atoms with Gasteiger partial charge in [0.05, 0.1) is 24.9 Å². The van der Waals surface area contributed by atoms with E-state index < -0.39 is 47.1 Å². The first kappa shape index (κ1) is 20.7. The van der Waals surface area contributed by atoms with E-state index in [-0.39, 0.29) is 31.5 Å². The Balaban J connectivity index is 1.91. The Morgan fingerprint density at radius 2 is 1.96 bits per heavy atom. The maximum atomic E-state index is 11.9. The molecule has 1 saturated heterocycles. The van der Waals surface area contributed by atoms with E-state index in [2.05, 4.69) is 13.5 Å². The molecular formula is C20H32O7. The van der Waals surface area contributed by atoms with Crippen molar-refractivity contribution in [2.45, 2.75) is 63.9 Å². The zero-order chi connectivity index (χ0) is 20.1. The molecule has 3 fully saturated rings. The summed E-state index contributed by atoms with van der Waals surface area (Å²) in [7, 11) is 0. The number of fused-ring (bicyclic) bond motifs is 1. The Kier molecular flexibility index (Phi) is 5.47. The van der Waals surface area contributed by atoms with Crippen LogP contribution in [0.5, 0.6) is 0 Å². The van der Waals surface area contributed by atoms with E-state index in [1.54, 1.807) is 0 Å². The highest BCUT2D eigenvalue weighted by atomic mass is 16.6. The van der Waals surface area contributed by atoms with Crippen molar-refractivity contribution < 1.29 is 35.1 Å². The van der Waals surface area contributed by atoms with Gasteiger partial charge in [-0.25, -0.2) is 0 Å². The predicted molar refractivity (Wildman–Crippen MR) is 96.4 cm³/mol. The lowest BCUT2D eigenvalue weighted by molar-refractivity contribution is -0.169. The van der Waals surface area contributed by atoms with Gasteiger partial charge in [0.15, 0.2) is 0 Å². The highest BCUT2D eigenvalue weighted by Gasteiger charge is 2.60. The maximum absolute atomic E-state index is 11.9. The van der Waals surface area contributed by atoms with E-state index in [1.807, 2.05) is 6.92 Å². The van der Waals surface area contributed by atoms with Crippen LogP contribution in [0.3, 0.4) is 0 Å². The van der Waals surface area contributed by atoms with Crippen molar-refractivity contribution in [3.63, 3.8) is 0 Å². The fraction of sp³-hybridized carbons (Fsp3) is 0.850. The summed E-state index contributed by atoms with van der Waals surface area (Å²) >= 11 is 0. The number of carbonyl (C=O) groups is 1. The number of aliphatic hydroxyl groups is 5. The quantitative estimate of drug-likeness (QED) is 0.341. The molecular weight excluding hydrogens is 352 g/mol. The van der Waals surface area contributed by atoms with Gasteiger partial charge in [-0.2, -0.15) is 0 Å². The van der Waals surface area contributed by atoms with Crippen LogP contribution in [-0.2, 0) is 9.53 Å². The molecule has 0 unspecified atom stereocenters. The van der Waals surface area contributed by atoms with Crippen molar-refractivity contribution in [2.24, 2.45) is 28.6 Å². The summed E-state index contributed by atoms with van der Waals surface area (Å²) < 4.78 is 4.85. The molecule has 0 bridgehead atoms. The van der Waals surface area contributed by atoms with Crippen LogP contribution >= 0.6 is 0 Å². The van der Waals surface area contributed by atoms with E-state index in [0.717, 1.165) is 0 Å². The Morgan fingerprint density at radius 3 is 2.52 bits per heavy atom. The van der Waals surface area contributed by atoms with Crippen molar-refractivity contribution >= 4 is 5.97 Å². The van der Waals surface area contributed by atoms with Gasteiger partial charge < -0.3 is 30.3 Å². The lowest BCUT2D eigenvalue weighted by Gasteiger charge is -2.61. The number of esters is 1. The molecule has 3 rings (SSSR count). The largest absolute Gasteiger partial charge is 0.463 e. The molecule has 0 radical (unpaired) electrons. The lowest BCUT2D eigenvalue weighted by atomic mass is 9.45. The summed E-state index contributed by atoms with van der Waals surface area (Å²) in [4.78, 5) is 11.9. The second-order valence-electron chi connectivity index (χ2n) is 9.18. The summed E-state index contributed by atoms with van der Waals surface area (Å²) in [6.45, 7) is 7.63. The first-order valence-corrected chi connectivity index (χ1v) is 9.74. The number of ether oxygens (including phenoxy) is 1. The van der Waals surface area contributed by atoms with Crippen molar-refractivity contribution in [3.05, 3.63) is 12.2 Å². The third-order valence-electron chi connectivity index (χ3n) is 7.76. The number of hydrogen-bond donors (Lipinski definition) is 5.